The molecule has 1 saturated heterocycles. The van der Waals surface area contributed by atoms with Crippen LogP contribution in [0.3, 0.4) is 0 Å². The van der Waals surface area contributed by atoms with Gasteiger partial charge < -0.3 is 9.64 Å². The van der Waals surface area contributed by atoms with E-state index in [1.807, 2.05) is 29.2 Å². The van der Waals surface area contributed by atoms with Crippen LogP contribution in [-0.4, -0.2) is 46.2 Å². The summed E-state index contributed by atoms with van der Waals surface area (Å²) in [4.78, 5) is 14.4. The smallest absolute Gasteiger partial charge is 0.230 e. The average molecular weight is 279 g/mol. The highest BCUT2D eigenvalue weighted by molar-refractivity contribution is 7.85. The lowest BCUT2D eigenvalue weighted by atomic mass is 9.92. The molecule has 5 heteroatoms. The van der Waals surface area contributed by atoms with Crippen LogP contribution in [0.4, 0.5) is 0 Å². The summed E-state index contributed by atoms with van der Waals surface area (Å²) in [5.41, 5.74) is 0.991. The van der Waals surface area contributed by atoms with Gasteiger partial charge in [0.25, 0.3) is 0 Å². The van der Waals surface area contributed by atoms with Gasteiger partial charge in [0.1, 0.15) is 5.75 Å². The van der Waals surface area contributed by atoms with Crippen LogP contribution in [0, 0.1) is 0 Å². The van der Waals surface area contributed by atoms with E-state index in [2.05, 4.69) is 0 Å². The molecule has 0 N–H and O–H groups in total. The van der Waals surface area contributed by atoms with Gasteiger partial charge in [0.05, 0.1) is 12.5 Å². The minimum absolute atomic E-state index is 0.100. The summed E-state index contributed by atoms with van der Waals surface area (Å²) in [5.74, 6) is 2.10. The van der Waals surface area contributed by atoms with Crippen molar-refractivity contribution in [1.82, 2.24) is 4.90 Å². The molecule has 2 heterocycles. The van der Waals surface area contributed by atoms with Gasteiger partial charge in [-0.2, -0.15) is 0 Å². The first-order valence-electron chi connectivity index (χ1n) is 6.61. The molecule has 2 aliphatic rings. The molecule has 2 aliphatic heterocycles. The number of benzene rings is 1. The average Bonchev–Trinajstić information content (AvgIpc) is 2.47. The molecule has 0 aromatic heterocycles. The van der Waals surface area contributed by atoms with E-state index in [0.29, 0.717) is 31.2 Å². The molecule has 0 radical (unpaired) electrons. The zero-order valence-corrected chi connectivity index (χ0v) is 11.5. The molecule has 0 bridgehead atoms. The van der Waals surface area contributed by atoms with E-state index in [1.165, 1.54) is 0 Å². The first-order chi connectivity index (χ1) is 9.25. The van der Waals surface area contributed by atoms with Gasteiger partial charge >= 0.3 is 0 Å². The topological polar surface area (TPSA) is 46.6 Å². The molecular weight excluding hydrogens is 262 g/mol. The minimum Gasteiger partial charge on any atom is -0.493 e. The van der Waals surface area contributed by atoms with Crippen LogP contribution in [0.25, 0.3) is 0 Å². The van der Waals surface area contributed by atoms with Crippen LogP contribution in [0.2, 0.25) is 0 Å². The van der Waals surface area contributed by atoms with Gasteiger partial charge in [-0.3, -0.25) is 9.00 Å². The number of nitrogens with zero attached hydrogens (tertiary/aromatic N) is 1. The Morgan fingerprint density at radius 2 is 2.00 bits per heavy atom. The summed E-state index contributed by atoms with van der Waals surface area (Å²) in [5, 5.41) is 0. The van der Waals surface area contributed by atoms with Gasteiger partial charge in [-0.15, -0.1) is 0 Å². The number of carbonyl (C=O) groups is 1. The molecule has 1 aromatic carbocycles. The fourth-order valence-electron chi connectivity index (χ4n) is 2.68. The Kier molecular flexibility index (Phi) is 3.55. The van der Waals surface area contributed by atoms with Crippen molar-refractivity contribution in [2.75, 3.05) is 31.2 Å². The number of hydrogen-bond donors (Lipinski definition) is 0. The molecule has 1 aromatic rings. The minimum atomic E-state index is -0.746. The molecule has 102 valence electrons. The van der Waals surface area contributed by atoms with Crippen molar-refractivity contribution in [2.24, 2.45) is 0 Å². The van der Waals surface area contributed by atoms with Crippen molar-refractivity contribution in [3.8, 4) is 5.75 Å². The predicted octanol–water partition coefficient (Wildman–Crippen LogP) is 1.14. The van der Waals surface area contributed by atoms with Crippen LogP contribution in [0.1, 0.15) is 17.9 Å². The summed E-state index contributed by atoms with van der Waals surface area (Å²) in [6.45, 7) is 1.82. The normalized spacial score (nSPS) is 23.6. The van der Waals surface area contributed by atoms with E-state index in [4.69, 9.17) is 4.74 Å². The number of fused-ring (bicyclic) bond motifs is 1. The van der Waals surface area contributed by atoms with E-state index in [1.54, 1.807) is 0 Å². The third kappa shape index (κ3) is 2.52. The third-order valence-corrected chi connectivity index (χ3v) is 5.02. The first kappa shape index (κ1) is 12.7. The summed E-state index contributed by atoms with van der Waals surface area (Å²) in [6, 6.07) is 7.76. The third-order valence-electron chi connectivity index (χ3n) is 3.75. The highest BCUT2D eigenvalue weighted by Crippen LogP contribution is 2.34. The van der Waals surface area contributed by atoms with Crippen molar-refractivity contribution in [2.45, 2.75) is 12.3 Å². The number of para-hydroxylation sites is 1. The molecule has 1 atom stereocenters. The second kappa shape index (κ2) is 5.33. The molecule has 3 rings (SSSR count). The van der Waals surface area contributed by atoms with Crippen molar-refractivity contribution >= 4 is 16.7 Å². The second-order valence-electron chi connectivity index (χ2n) is 4.90. The van der Waals surface area contributed by atoms with Gasteiger partial charge in [-0.05, 0) is 12.5 Å². The Morgan fingerprint density at radius 3 is 2.79 bits per heavy atom. The number of carbonyl (C=O) groups excluding carboxylic acids is 1. The standard InChI is InChI=1S/C14H17NO3S/c16-14(15-6-9-19(17)10-7-15)12-5-8-18-13-4-2-1-3-11(12)13/h1-4,12H,5-10H2/t12-/m0/s1. The number of hydrogen-bond acceptors (Lipinski definition) is 3. The van der Waals surface area contributed by atoms with Crippen LogP contribution in [0.15, 0.2) is 24.3 Å². The summed E-state index contributed by atoms with van der Waals surface area (Å²) in [7, 11) is -0.746. The fourth-order valence-corrected chi connectivity index (χ4v) is 3.73. The fraction of sp³-hybridized carbons (Fsp3) is 0.500. The van der Waals surface area contributed by atoms with E-state index >= 15 is 0 Å². The lowest BCUT2D eigenvalue weighted by molar-refractivity contribution is -0.133. The summed E-state index contributed by atoms with van der Waals surface area (Å²) < 4.78 is 16.9. The van der Waals surface area contributed by atoms with Crippen LogP contribution >= 0.6 is 0 Å². The maximum absolute atomic E-state index is 12.6. The highest BCUT2D eigenvalue weighted by Gasteiger charge is 2.32. The second-order valence-corrected chi connectivity index (χ2v) is 6.60. The maximum Gasteiger partial charge on any atom is 0.230 e. The Labute approximate surface area is 115 Å². The SMILES string of the molecule is O=C([C@H]1CCOc2ccccc21)N1CCS(=O)CC1. The lowest BCUT2D eigenvalue weighted by Gasteiger charge is -2.32. The molecule has 0 unspecified atom stereocenters. The van der Waals surface area contributed by atoms with Crippen LogP contribution < -0.4 is 4.74 Å². The van der Waals surface area contributed by atoms with E-state index in [0.717, 1.165) is 17.7 Å². The van der Waals surface area contributed by atoms with E-state index in [-0.39, 0.29) is 11.8 Å². The number of rotatable bonds is 1. The first-order valence-corrected chi connectivity index (χ1v) is 8.10. The summed E-state index contributed by atoms with van der Waals surface area (Å²) >= 11 is 0. The van der Waals surface area contributed by atoms with Gasteiger partial charge in [0.2, 0.25) is 5.91 Å². The zero-order valence-electron chi connectivity index (χ0n) is 10.7. The van der Waals surface area contributed by atoms with Crippen LogP contribution in [-0.2, 0) is 15.6 Å². The zero-order chi connectivity index (χ0) is 13.2. The highest BCUT2D eigenvalue weighted by atomic mass is 32.2. The number of ether oxygens (including phenoxy) is 1. The predicted molar refractivity (Wildman–Crippen MR) is 73.8 cm³/mol. The largest absolute Gasteiger partial charge is 0.493 e. The van der Waals surface area contributed by atoms with E-state index in [9.17, 15) is 9.00 Å². The molecule has 1 amide bonds. The monoisotopic (exact) mass is 279 g/mol. The van der Waals surface area contributed by atoms with E-state index < -0.39 is 10.8 Å². The van der Waals surface area contributed by atoms with Gasteiger partial charge in [0.15, 0.2) is 0 Å². The Balaban J connectivity index is 1.79. The Morgan fingerprint density at radius 1 is 1.26 bits per heavy atom. The number of amides is 1. The van der Waals surface area contributed by atoms with Gasteiger partial charge in [-0.25, -0.2) is 0 Å². The van der Waals surface area contributed by atoms with Gasteiger partial charge in [-0.1, -0.05) is 18.2 Å². The van der Waals surface area contributed by atoms with Crippen LogP contribution in [0.5, 0.6) is 5.75 Å². The van der Waals surface area contributed by atoms with Crippen molar-refractivity contribution < 1.29 is 13.7 Å². The van der Waals surface area contributed by atoms with Crippen molar-refractivity contribution in [3.63, 3.8) is 0 Å². The molecule has 0 aliphatic carbocycles. The maximum atomic E-state index is 12.6. The molecule has 19 heavy (non-hydrogen) atoms. The Hall–Kier alpha value is -1.36. The molecule has 4 nitrogen and oxygen atoms in total. The van der Waals surface area contributed by atoms with Gasteiger partial charge in [0, 0.05) is 41.0 Å². The molecular formula is C14H17NO3S. The Bertz CT molecular complexity index is 507. The summed E-state index contributed by atoms with van der Waals surface area (Å²) in [6.07, 6.45) is 0.732. The lowest BCUT2D eigenvalue weighted by Crippen LogP contribution is -2.44. The molecule has 0 saturated carbocycles. The molecule has 0 spiro atoms. The van der Waals surface area contributed by atoms with Crippen molar-refractivity contribution in [1.29, 1.82) is 0 Å². The molecule has 1 fully saturated rings. The van der Waals surface area contributed by atoms with Crippen molar-refractivity contribution in [3.05, 3.63) is 29.8 Å². The quantitative estimate of drug-likeness (QED) is 0.774.